The lowest BCUT2D eigenvalue weighted by atomic mass is 9.90. The van der Waals surface area contributed by atoms with Crippen LogP contribution in [0.3, 0.4) is 0 Å². The number of rotatable bonds is 13. The number of carbonyl (C=O) groups excluding carboxylic acids is 1. The van der Waals surface area contributed by atoms with E-state index >= 15 is 0 Å². The Labute approximate surface area is 228 Å². The van der Waals surface area contributed by atoms with E-state index < -0.39 is 5.97 Å². The van der Waals surface area contributed by atoms with Crippen molar-refractivity contribution in [2.24, 2.45) is 0 Å². The molecular formula is C31H34N2O6. The highest BCUT2D eigenvalue weighted by Gasteiger charge is 2.33. The van der Waals surface area contributed by atoms with Crippen LogP contribution >= 0.6 is 0 Å². The molecule has 0 radical (unpaired) electrons. The number of nitrogens with zero attached hydrogens (tertiary/aromatic N) is 2. The largest absolute Gasteiger partial charge is 0.493 e. The summed E-state index contributed by atoms with van der Waals surface area (Å²) in [4.78, 5) is 29.6. The minimum absolute atomic E-state index is 0.0881. The van der Waals surface area contributed by atoms with Crippen LogP contribution in [-0.4, -0.2) is 60.3 Å². The second kappa shape index (κ2) is 12.3. The van der Waals surface area contributed by atoms with Crippen LogP contribution in [0.1, 0.15) is 63.8 Å². The Balaban J connectivity index is 1.11. The highest BCUT2D eigenvalue weighted by molar-refractivity contribution is 5.93. The summed E-state index contributed by atoms with van der Waals surface area (Å²) in [6.07, 6.45) is 5.59. The monoisotopic (exact) mass is 530 g/mol. The lowest BCUT2D eigenvalue weighted by Gasteiger charge is -2.39. The van der Waals surface area contributed by atoms with Crippen molar-refractivity contribution in [3.8, 4) is 11.5 Å². The first-order chi connectivity index (χ1) is 19.0. The van der Waals surface area contributed by atoms with E-state index in [-0.39, 0.29) is 18.4 Å². The van der Waals surface area contributed by atoms with Gasteiger partial charge in [0.2, 0.25) is 0 Å². The third-order valence-corrected chi connectivity index (χ3v) is 7.27. The lowest BCUT2D eigenvalue weighted by molar-refractivity contribution is -0.142. The molecule has 0 atom stereocenters. The van der Waals surface area contributed by atoms with Gasteiger partial charge >= 0.3 is 5.97 Å². The third kappa shape index (κ3) is 6.95. The van der Waals surface area contributed by atoms with Crippen molar-refractivity contribution in [3.63, 3.8) is 0 Å². The normalized spacial score (nSPS) is 15.1. The molecule has 1 aromatic heterocycles. The molecule has 1 N–H and O–H groups in total. The van der Waals surface area contributed by atoms with Crippen LogP contribution in [0.25, 0.3) is 0 Å². The van der Waals surface area contributed by atoms with Crippen LogP contribution in [0, 0.1) is 0 Å². The van der Waals surface area contributed by atoms with Gasteiger partial charge in [-0.3, -0.25) is 9.78 Å². The van der Waals surface area contributed by atoms with Crippen LogP contribution in [0.4, 0.5) is 0 Å². The Morgan fingerprint density at radius 3 is 2.44 bits per heavy atom. The molecule has 1 saturated heterocycles. The van der Waals surface area contributed by atoms with E-state index in [9.17, 15) is 9.59 Å². The summed E-state index contributed by atoms with van der Waals surface area (Å²) < 4.78 is 16.8. The molecule has 3 aromatic rings. The zero-order valence-corrected chi connectivity index (χ0v) is 22.2. The van der Waals surface area contributed by atoms with Gasteiger partial charge < -0.3 is 24.2 Å². The van der Waals surface area contributed by atoms with Gasteiger partial charge in [-0.1, -0.05) is 30.3 Å². The molecule has 39 heavy (non-hydrogen) atoms. The highest BCUT2D eigenvalue weighted by Crippen LogP contribution is 2.40. The minimum atomic E-state index is -0.979. The van der Waals surface area contributed by atoms with E-state index in [4.69, 9.17) is 19.3 Å². The fourth-order valence-corrected chi connectivity index (χ4v) is 4.82. The molecule has 0 bridgehead atoms. The Morgan fingerprint density at radius 2 is 1.72 bits per heavy atom. The molecule has 8 nitrogen and oxygen atoms in total. The number of likely N-dealkylation sites (tertiary alicyclic amines) is 1. The third-order valence-electron chi connectivity index (χ3n) is 7.27. The van der Waals surface area contributed by atoms with Gasteiger partial charge in [0.25, 0.3) is 5.91 Å². The molecule has 0 unspecified atom stereocenters. The van der Waals surface area contributed by atoms with Crippen LogP contribution in [0.2, 0.25) is 0 Å². The minimum Gasteiger partial charge on any atom is -0.493 e. The fourth-order valence-electron chi connectivity index (χ4n) is 4.82. The first-order valence-electron chi connectivity index (χ1n) is 13.4. The SMILES string of the molecule is COc1cc(C2CN(C(=O)c3cc(CCCOCC(=O)O)ccn3)C2)ccc1OCc1ccc(C2CC2)cc1. The van der Waals surface area contributed by atoms with Gasteiger partial charge in [0, 0.05) is 31.8 Å². The number of aliphatic carboxylic acids is 1. The molecule has 1 amide bonds. The summed E-state index contributed by atoms with van der Waals surface area (Å²) >= 11 is 0. The Morgan fingerprint density at radius 1 is 0.949 bits per heavy atom. The van der Waals surface area contributed by atoms with E-state index in [2.05, 4.69) is 29.2 Å². The average Bonchev–Trinajstić information content (AvgIpc) is 3.77. The molecule has 2 aromatic carbocycles. The smallest absolute Gasteiger partial charge is 0.329 e. The van der Waals surface area contributed by atoms with E-state index in [1.807, 2.05) is 30.3 Å². The summed E-state index contributed by atoms with van der Waals surface area (Å²) in [6, 6.07) is 18.3. The van der Waals surface area contributed by atoms with Crippen molar-refractivity contribution in [1.82, 2.24) is 9.88 Å². The molecule has 204 valence electrons. The van der Waals surface area contributed by atoms with Gasteiger partial charge in [0.15, 0.2) is 11.5 Å². The van der Waals surface area contributed by atoms with Crippen molar-refractivity contribution >= 4 is 11.9 Å². The summed E-state index contributed by atoms with van der Waals surface area (Å²) in [6.45, 7) is 1.77. The standard InChI is InChI=1S/C31H34N2O6/c1-37-29-16-25(10-11-28(29)39-19-22-4-6-23(7-5-22)24-8-9-24)26-17-33(18-26)31(36)27-15-21(12-13-32-27)3-2-14-38-20-30(34)35/h4-7,10-13,15-16,24,26H,2-3,8-9,14,17-20H2,1H3,(H,34,35). The number of carboxylic acids is 1. The molecular weight excluding hydrogens is 496 g/mol. The van der Waals surface area contributed by atoms with Crippen molar-refractivity contribution < 1.29 is 28.9 Å². The average molecular weight is 531 g/mol. The van der Waals surface area contributed by atoms with Crippen LogP contribution in [0.15, 0.2) is 60.8 Å². The number of hydrogen-bond acceptors (Lipinski definition) is 6. The van der Waals surface area contributed by atoms with Gasteiger partial charge in [-0.2, -0.15) is 0 Å². The fraction of sp³-hybridized carbons (Fsp3) is 0.387. The maximum atomic E-state index is 13.0. The van der Waals surface area contributed by atoms with Crippen LogP contribution < -0.4 is 9.47 Å². The first-order valence-corrected chi connectivity index (χ1v) is 13.4. The van der Waals surface area contributed by atoms with Crippen molar-refractivity contribution in [2.75, 3.05) is 33.4 Å². The molecule has 2 aliphatic rings. The summed E-state index contributed by atoms with van der Waals surface area (Å²) in [5.41, 5.74) is 5.05. The number of amides is 1. The first kappa shape index (κ1) is 26.7. The van der Waals surface area contributed by atoms with Gasteiger partial charge in [-0.05, 0) is 78.1 Å². The van der Waals surface area contributed by atoms with Crippen molar-refractivity contribution in [1.29, 1.82) is 0 Å². The van der Waals surface area contributed by atoms with Crippen molar-refractivity contribution in [2.45, 2.75) is 44.1 Å². The number of hydrogen-bond donors (Lipinski definition) is 1. The summed E-state index contributed by atoms with van der Waals surface area (Å²) in [5.74, 6) is 1.29. The topological polar surface area (TPSA) is 98.2 Å². The van der Waals surface area contributed by atoms with E-state index in [0.29, 0.717) is 56.3 Å². The second-order valence-corrected chi connectivity index (χ2v) is 10.2. The van der Waals surface area contributed by atoms with Crippen molar-refractivity contribution in [3.05, 3.63) is 88.7 Å². The number of aromatic nitrogens is 1. The number of ether oxygens (including phenoxy) is 3. The number of aryl methyl sites for hydroxylation is 1. The Kier molecular flexibility index (Phi) is 8.42. The van der Waals surface area contributed by atoms with Gasteiger partial charge in [-0.25, -0.2) is 4.79 Å². The molecule has 1 aliphatic heterocycles. The number of carboxylic acid groups (broad SMARTS) is 1. The van der Waals surface area contributed by atoms with E-state index in [0.717, 1.165) is 22.6 Å². The predicted molar refractivity (Wildman–Crippen MR) is 145 cm³/mol. The zero-order chi connectivity index (χ0) is 27.2. The number of pyridine rings is 1. The maximum absolute atomic E-state index is 13.0. The number of carbonyl (C=O) groups is 2. The van der Waals surface area contributed by atoms with Crippen LogP contribution in [-0.2, 0) is 22.6 Å². The van der Waals surface area contributed by atoms with Gasteiger partial charge in [0.1, 0.15) is 18.9 Å². The Bertz CT molecular complexity index is 1300. The maximum Gasteiger partial charge on any atom is 0.329 e. The Hall–Kier alpha value is -3.91. The molecule has 2 heterocycles. The molecule has 2 fully saturated rings. The molecule has 1 aliphatic carbocycles. The van der Waals surface area contributed by atoms with Gasteiger partial charge in [0.05, 0.1) is 7.11 Å². The van der Waals surface area contributed by atoms with Gasteiger partial charge in [-0.15, -0.1) is 0 Å². The number of methoxy groups -OCH3 is 1. The molecule has 5 rings (SSSR count). The lowest BCUT2D eigenvalue weighted by Crippen LogP contribution is -2.48. The molecule has 1 saturated carbocycles. The zero-order valence-electron chi connectivity index (χ0n) is 22.2. The molecule has 0 spiro atoms. The van der Waals surface area contributed by atoms with E-state index in [1.165, 1.54) is 18.4 Å². The number of benzene rings is 2. The molecule has 8 heteroatoms. The van der Waals surface area contributed by atoms with E-state index in [1.54, 1.807) is 18.2 Å². The summed E-state index contributed by atoms with van der Waals surface area (Å²) in [7, 11) is 1.64. The summed E-state index contributed by atoms with van der Waals surface area (Å²) in [5, 5.41) is 8.63. The predicted octanol–water partition coefficient (Wildman–Crippen LogP) is 4.82. The quantitative estimate of drug-likeness (QED) is 0.317. The highest BCUT2D eigenvalue weighted by atomic mass is 16.5. The second-order valence-electron chi connectivity index (χ2n) is 10.2. The van der Waals surface area contributed by atoms with Crippen LogP contribution in [0.5, 0.6) is 11.5 Å².